The van der Waals surface area contributed by atoms with Crippen molar-refractivity contribution in [1.29, 1.82) is 0 Å². The van der Waals surface area contributed by atoms with Crippen molar-refractivity contribution in [2.75, 3.05) is 12.3 Å². The maximum absolute atomic E-state index is 13.2. The van der Waals surface area contributed by atoms with E-state index in [2.05, 4.69) is 0 Å². The summed E-state index contributed by atoms with van der Waals surface area (Å²) >= 11 is 6.16. The van der Waals surface area contributed by atoms with Crippen LogP contribution in [0, 0.1) is 5.92 Å². The monoisotopic (exact) mass is 390 g/mol. The van der Waals surface area contributed by atoms with E-state index < -0.39 is 10.0 Å². The lowest BCUT2D eigenvalue weighted by atomic mass is 9.86. The van der Waals surface area contributed by atoms with E-state index in [4.69, 9.17) is 11.6 Å². The Balaban J connectivity index is 1.76. The van der Waals surface area contributed by atoms with Crippen molar-refractivity contribution in [1.82, 2.24) is 9.21 Å². The van der Waals surface area contributed by atoms with Gasteiger partial charge in [-0.25, -0.2) is 8.42 Å². The maximum atomic E-state index is 13.2. The number of amides is 1. The fourth-order valence-corrected chi connectivity index (χ4v) is 7.58. The zero-order chi connectivity index (χ0) is 18.2. The Bertz CT molecular complexity index is 589. The first-order valence-corrected chi connectivity index (χ1v) is 11.8. The number of nitrogens with zero attached hydrogens (tertiary/aromatic N) is 2. The molecular weight excluding hydrogens is 360 g/mol. The molecule has 0 bridgehead atoms. The Kier molecular flexibility index (Phi) is 6.01. The highest BCUT2D eigenvalue weighted by Gasteiger charge is 2.46. The Labute approximate surface area is 157 Å². The lowest BCUT2D eigenvalue weighted by molar-refractivity contribution is -0.139. The third kappa shape index (κ3) is 4.16. The Hall–Kier alpha value is -0.330. The number of halogens is 1. The van der Waals surface area contributed by atoms with E-state index in [1.54, 1.807) is 11.2 Å². The van der Waals surface area contributed by atoms with Gasteiger partial charge in [-0.1, -0.05) is 12.8 Å². The van der Waals surface area contributed by atoms with Crippen molar-refractivity contribution >= 4 is 27.5 Å². The first kappa shape index (κ1) is 19.4. The van der Waals surface area contributed by atoms with E-state index in [9.17, 15) is 13.2 Å². The van der Waals surface area contributed by atoms with Crippen LogP contribution < -0.4 is 0 Å². The summed E-state index contributed by atoms with van der Waals surface area (Å²) in [6, 6.07) is -0.0447. The first-order valence-electron chi connectivity index (χ1n) is 9.72. The van der Waals surface area contributed by atoms with Gasteiger partial charge in [0.25, 0.3) is 0 Å². The summed E-state index contributed by atoms with van der Waals surface area (Å²) in [7, 11) is -3.30. The highest BCUT2D eigenvalue weighted by molar-refractivity contribution is 7.89. The molecule has 25 heavy (non-hydrogen) atoms. The van der Waals surface area contributed by atoms with Crippen LogP contribution in [0.15, 0.2) is 0 Å². The Morgan fingerprint density at radius 1 is 1.04 bits per heavy atom. The van der Waals surface area contributed by atoms with Crippen LogP contribution in [0.1, 0.15) is 65.2 Å². The normalized spacial score (nSPS) is 37.6. The van der Waals surface area contributed by atoms with Crippen molar-refractivity contribution in [2.45, 2.75) is 88.7 Å². The minimum Gasteiger partial charge on any atom is -0.334 e. The molecule has 2 unspecified atom stereocenters. The van der Waals surface area contributed by atoms with Crippen LogP contribution in [0.25, 0.3) is 0 Å². The number of sulfonamides is 1. The summed E-state index contributed by atoms with van der Waals surface area (Å²) in [5.74, 6) is 0.539. The number of piperazine rings is 1. The predicted octanol–water partition coefficient (Wildman–Crippen LogP) is 2.98. The number of rotatable bonds is 3. The summed E-state index contributed by atoms with van der Waals surface area (Å²) in [6.45, 7) is 4.03. The van der Waals surface area contributed by atoms with Crippen molar-refractivity contribution < 1.29 is 13.2 Å². The summed E-state index contributed by atoms with van der Waals surface area (Å²) in [6.07, 6.45) is 7.56. The van der Waals surface area contributed by atoms with Crippen LogP contribution >= 0.6 is 11.6 Å². The van der Waals surface area contributed by atoms with Crippen molar-refractivity contribution in [3.63, 3.8) is 0 Å². The molecule has 3 atom stereocenters. The van der Waals surface area contributed by atoms with Crippen molar-refractivity contribution in [3.8, 4) is 0 Å². The maximum Gasteiger partial charge on any atom is 0.220 e. The Morgan fingerprint density at radius 2 is 1.64 bits per heavy atom. The molecule has 0 aromatic carbocycles. The number of alkyl halides is 1. The number of hydrogen-bond donors (Lipinski definition) is 0. The van der Waals surface area contributed by atoms with Gasteiger partial charge >= 0.3 is 0 Å². The van der Waals surface area contributed by atoms with Crippen LogP contribution in [-0.2, 0) is 14.8 Å². The van der Waals surface area contributed by atoms with Gasteiger partial charge in [-0.3, -0.25) is 4.79 Å². The molecule has 1 amide bonds. The highest BCUT2D eigenvalue weighted by atomic mass is 35.5. The van der Waals surface area contributed by atoms with Gasteiger partial charge < -0.3 is 4.90 Å². The van der Waals surface area contributed by atoms with Crippen LogP contribution in [0.5, 0.6) is 0 Å². The fraction of sp³-hybridized carbons (Fsp3) is 0.944. The largest absolute Gasteiger partial charge is 0.334 e. The van der Waals surface area contributed by atoms with Crippen LogP contribution in [-0.4, -0.2) is 59.3 Å². The van der Waals surface area contributed by atoms with Gasteiger partial charge in [0.2, 0.25) is 15.9 Å². The summed E-state index contributed by atoms with van der Waals surface area (Å²) in [5, 5.41) is 0.209. The number of fused-ring (bicyclic) bond motifs is 1. The van der Waals surface area contributed by atoms with E-state index in [1.165, 1.54) is 0 Å². The molecular formula is C18H31ClN2O3S. The zero-order valence-corrected chi connectivity index (χ0v) is 16.9. The van der Waals surface area contributed by atoms with Crippen LogP contribution in [0.4, 0.5) is 0 Å². The lowest BCUT2D eigenvalue weighted by Gasteiger charge is -2.52. The molecule has 5 nitrogen and oxygen atoms in total. The zero-order valence-electron chi connectivity index (χ0n) is 15.4. The summed E-state index contributed by atoms with van der Waals surface area (Å²) in [5.41, 5.74) is 0. The van der Waals surface area contributed by atoms with Gasteiger partial charge in [-0.05, 0) is 51.4 Å². The Morgan fingerprint density at radius 3 is 2.24 bits per heavy atom. The molecule has 1 saturated heterocycles. The molecule has 2 saturated carbocycles. The lowest BCUT2D eigenvalue weighted by Crippen LogP contribution is -2.66. The second-order valence-corrected chi connectivity index (χ2v) is 10.7. The van der Waals surface area contributed by atoms with Crippen molar-refractivity contribution in [3.05, 3.63) is 0 Å². The molecule has 3 fully saturated rings. The summed E-state index contributed by atoms with van der Waals surface area (Å²) in [4.78, 5) is 14.1. The first-order chi connectivity index (χ1) is 11.8. The van der Waals surface area contributed by atoms with Gasteiger partial charge in [0.1, 0.15) is 0 Å². The van der Waals surface area contributed by atoms with E-state index in [0.717, 1.165) is 51.4 Å². The molecule has 0 radical (unpaired) electrons. The third-order valence-corrected chi connectivity index (χ3v) is 8.75. The molecule has 1 aliphatic heterocycles. The van der Waals surface area contributed by atoms with E-state index in [0.29, 0.717) is 6.54 Å². The topological polar surface area (TPSA) is 57.7 Å². The molecule has 0 aromatic rings. The molecule has 0 aromatic heterocycles. The predicted molar refractivity (Wildman–Crippen MR) is 100 cm³/mol. The molecule has 3 rings (SSSR count). The van der Waals surface area contributed by atoms with E-state index >= 15 is 0 Å². The third-order valence-electron chi connectivity index (χ3n) is 6.28. The van der Waals surface area contributed by atoms with Gasteiger partial charge in [0.15, 0.2) is 0 Å². The average molecular weight is 391 g/mol. The van der Waals surface area contributed by atoms with Gasteiger partial charge in [-0.15, -0.1) is 11.6 Å². The number of carbonyl (C=O) groups is 1. The molecule has 7 heteroatoms. The quantitative estimate of drug-likeness (QED) is 0.696. The second-order valence-electron chi connectivity index (χ2n) is 8.16. The van der Waals surface area contributed by atoms with Gasteiger partial charge in [0, 0.05) is 37.0 Å². The smallest absolute Gasteiger partial charge is 0.220 e. The molecule has 3 aliphatic rings. The van der Waals surface area contributed by atoms with E-state index in [1.807, 2.05) is 11.8 Å². The van der Waals surface area contributed by atoms with Gasteiger partial charge in [-0.2, -0.15) is 4.31 Å². The number of hydrogen-bond acceptors (Lipinski definition) is 3. The average Bonchev–Trinajstić information content (AvgIpc) is 2.55. The SMILES string of the molecule is CC(=O)N1C2CCCCC2N(S(=O)(=O)CC2CCC(Cl)CC2)C[C@@H]1C. The molecule has 0 N–H and O–H groups in total. The second kappa shape index (κ2) is 7.73. The molecule has 144 valence electrons. The minimum atomic E-state index is -3.30. The van der Waals surface area contributed by atoms with Crippen molar-refractivity contribution in [2.24, 2.45) is 5.92 Å². The molecule has 2 aliphatic carbocycles. The van der Waals surface area contributed by atoms with Crippen LogP contribution in [0.3, 0.4) is 0 Å². The molecule has 0 spiro atoms. The fourth-order valence-electron chi connectivity index (χ4n) is 5.11. The summed E-state index contributed by atoms with van der Waals surface area (Å²) < 4.78 is 28.2. The standard InChI is InChI=1S/C18H31ClN2O3S/c1-13-11-20(17-5-3-4-6-18(17)21(13)14(2)22)25(23,24)12-15-7-9-16(19)10-8-15/h13,15-18H,3-12H2,1-2H3/t13-,15?,16?,17?,18?/m0/s1. The van der Waals surface area contributed by atoms with Crippen LogP contribution in [0.2, 0.25) is 0 Å². The van der Waals surface area contributed by atoms with Gasteiger partial charge in [0.05, 0.1) is 5.75 Å². The molecule has 1 heterocycles. The number of carbonyl (C=O) groups excluding carboxylic acids is 1. The highest BCUT2D eigenvalue weighted by Crippen LogP contribution is 2.36. The minimum absolute atomic E-state index is 0.0387. The van der Waals surface area contributed by atoms with E-state index in [-0.39, 0.29) is 41.1 Å².